The monoisotopic (exact) mass is 300 g/mol. The van der Waals surface area contributed by atoms with Gasteiger partial charge >= 0.3 is 0 Å². The molecule has 2 N–H and O–H groups in total. The van der Waals surface area contributed by atoms with Gasteiger partial charge in [-0.05, 0) is 18.9 Å². The van der Waals surface area contributed by atoms with Crippen LogP contribution in [0.1, 0.15) is 34.6 Å². The second kappa shape index (κ2) is 6.19. The summed E-state index contributed by atoms with van der Waals surface area (Å²) >= 11 is 0. The second-order valence-corrected chi connectivity index (χ2v) is 5.35. The van der Waals surface area contributed by atoms with E-state index in [1.54, 1.807) is 23.1 Å². The standard InChI is InChI=1S/C16H17FN4O/c17-14-4-2-1-3-11(14)10-21(13-5-6-13)16(22)12-8-19-15(7-18)20-9-12/h1-4,8-9,13H,5-7,10,18H2. The molecule has 3 rings (SSSR count). The topological polar surface area (TPSA) is 72.1 Å². The number of benzene rings is 1. The molecule has 1 saturated carbocycles. The number of nitrogens with two attached hydrogens (primary N) is 1. The maximum atomic E-state index is 13.8. The number of rotatable bonds is 5. The van der Waals surface area contributed by atoms with Crippen molar-refractivity contribution in [3.8, 4) is 0 Å². The van der Waals surface area contributed by atoms with Crippen molar-refractivity contribution in [3.05, 3.63) is 59.4 Å². The SMILES string of the molecule is NCc1ncc(C(=O)N(Cc2ccccc2F)C2CC2)cn1. The van der Waals surface area contributed by atoms with Crippen LogP contribution in [0.3, 0.4) is 0 Å². The van der Waals surface area contributed by atoms with Gasteiger partial charge in [0, 0.05) is 30.5 Å². The Bertz CT molecular complexity index is 670. The van der Waals surface area contributed by atoms with Gasteiger partial charge in [-0.1, -0.05) is 18.2 Å². The molecule has 114 valence electrons. The van der Waals surface area contributed by atoms with Gasteiger partial charge in [0.2, 0.25) is 0 Å². The average Bonchev–Trinajstić information content (AvgIpc) is 3.38. The van der Waals surface area contributed by atoms with Crippen molar-refractivity contribution in [2.24, 2.45) is 5.73 Å². The Morgan fingerprint density at radius 1 is 1.27 bits per heavy atom. The van der Waals surface area contributed by atoms with Crippen LogP contribution in [-0.4, -0.2) is 26.8 Å². The van der Waals surface area contributed by atoms with Crippen LogP contribution in [0.25, 0.3) is 0 Å². The van der Waals surface area contributed by atoms with E-state index in [2.05, 4.69) is 9.97 Å². The van der Waals surface area contributed by atoms with E-state index in [1.165, 1.54) is 18.5 Å². The number of carbonyl (C=O) groups excluding carboxylic acids is 1. The summed E-state index contributed by atoms with van der Waals surface area (Å²) in [4.78, 5) is 22.4. The highest BCUT2D eigenvalue weighted by Gasteiger charge is 2.33. The molecule has 1 aromatic heterocycles. The molecule has 2 aromatic rings. The van der Waals surface area contributed by atoms with Crippen LogP contribution in [0, 0.1) is 5.82 Å². The van der Waals surface area contributed by atoms with E-state index in [-0.39, 0.29) is 30.9 Å². The minimum absolute atomic E-state index is 0.168. The molecule has 5 nitrogen and oxygen atoms in total. The summed E-state index contributed by atoms with van der Waals surface area (Å²) < 4.78 is 13.8. The highest BCUT2D eigenvalue weighted by molar-refractivity contribution is 5.94. The van der Waals surface area contributed by atoms with Gasteiger partial charge in [0.15, 0.2) is 0 Å². The van der Waals surface area contributed by atoms with E-state index in [9.17, 15) is 9.18 Å². The first-order valence-electron chi connectivity index (χ1n) is 7.24. The molecule has 1 aromatic carbocycles. The van der Waals surface area contributed by atoms with Gasteiger partial charge < -0.3 is 10.6 Å². The molecular formula is C16H17FN4O. The van der Waals surface area contributed by atoms with E-state index in [4.69, 9.17) is 5.73 Å². The molecule has 1 aliphatic rings. The quantitative estimate of drug-likeness (QED) is 0.915. The first kappa shape index (κ1) is 14.6. The van der Waals surface area contributed by atoms with Crippen LogP contribution in [0.15, 0.2) is 36.7 Å². The van der Waals surface area contributed by atoms with Crippen LogP contribution in [0.2, 0.25) is 0 Å². The first-order chi connectivity index (χ1) is 10.7. The smallest absolute Gasteiger partial charge is 0.257 e. The van der Waals surface area contributed by atoms with Crippen molar-refractivity contribution < 1.29 is 9.18 Å². The van der Waals surface area contributed by atoms with Crippen molar-refractivity contribution >= 4 is 5.91 Å². The molecule has 0 radical (unpaired) electrons. The normalized spacial score (nSPS) is 13.9. The van der Waals surface area contributed by atoms with E-state index < -0.39 is 0 Å². The predicted octanol–water partition coefficient (Wildman–Crippen LogP) is 1.88. The van der Waals surface area contributed by atoms with Crippen molar-refractivity contribution in [2.75, 3.05) is 0 Å². The number of amides is 1. The number of halogens is 1. The third-order valence-corrected chi connectivity index (χ3v) is 3.68. The van der Waals surface area contributed by atoms with Crippen molar-refractivity contribution in [1.82, 2.24) is 14.9 Å². The van der Waals surface area contributed by atoms with Gasteiger partial charge in [-0.15, -0.1) is 0 Å². The minimum atomic E-state index is -0.296. The Morgan fingerprint density at radius 2 is 1.95 bits per heavy atom. The molecule has 0 aliphatic heterocycles. The fourth-order valence-electron chi connectivity index (χ4n) is 2.30. The van der Waals surface area contributed by atoms with Crippen LogP contribution >= 0.6 is 0 Å². The second-order valence-electron chi connectivity index (χ2n) is 5.35. The van der Waals surface area contributed by atoms with Crippen LogP contribution < -0.4 is 5.73 Å². The van der Waals surface area contributed by atoms with Gasteiger partial charge in [-0.3, -0.25) is 4.79 Å². The van der Waals surface area contributed by atoms with Gasteiger partial charge in [0.1, 0.15) is 11.6 Å². The first-order valence-corrected chi connectivity index (χ1v) is 7.24. The molecule has 1 amide bonds. The highest BCUT2D eigenvalue weighted by Crippen LogP contribution is 2.30. The fourth-order valence-corrected chi connectivity index (χ4v) is 2.30. The number of carbonyl (C=O) groups is 1. The molecule has 6 heteroatoms. The molecular weight excluding hydrogens is 283 g/mol. The van der Waals surface area contributed by atoms with E-state index in [0.717, 1.165) is 12.8 Å². The Morgan fingerprint density at radius 3 is 2.55 bits per heavy atom. The van der Waals surface area contributed by atoms with Gasteiger partial charge in [-0.25, -0.2) is 14.4 Å². The maximum Gasteiger partial charge on any atom is 0.257 e. The summed E-state index contributed by atoms with van der Waals surface area (Å²) in [6.45, 7) is 0.491. The molecule has 1 aliphatic carbocycles. The maximum absolute atomic E-state index is 13.8. The number of hydrogen-bond acceptors (Lipinski definition) is 4. The third kappa shape index (κ3) is 3.12. The summed E-state index contributed by atoms with van der Waals surface area (Å²) in [6, 6.07) is 6.69. The molecule has 1 heterocycles. The third-order valence-electron chi connectivity index (χ3n) is 3.68. The van der Waals surface area contributed by atoms with Gasteiger partial charge in [-0.2, -0.15) is 0 Å². The molecule has 0 spiro atoms. The van der Waals surface area contributed by atoms with Crippen molar-refractivity contribution in [1.29, 1.82) is 0 Å². The minimum Gasteiger partial charge on any atom is -0.331 e. The lowest BCUT2D eigenvalue weighted by atomic mass is 10.2. The van der Waals surface area contributed by atoms with E-state index >= 15 is 0 Å². The molecule has 0 unspecified atom stereocenters. The summed E-state index contributed by atoms with van der Waals surface area (Å²) in [7, 11) is 0. The van der Waals surface area contributed by atoms with Crippen molar-refractivity contribution in [3.63, 3.8) is 0 Å². The lowest BCUT2D eigenvalue weighted by molar-refractivity contribution is 0.0727. The molecule has 22 heavy (non-hydrogen) atoms. The van der Waals surface area contributed by atoms with Gasteiger partial charge in [0.25, 0.3) is 5.91 Å². The molecule has 0 saturated heterocycles. The number of aromatic nitrogens is 2. The Balaban J connectivity index is 1.81. The average molecular weight is 300 g/mol. The predicted molar refractivity (Wildman–Crippen MR) is 79.2 cm³/mol. The lowest BCUT2D eigenvalue weighted by Gasteiger charge is -2.22. The van der Waals surface area contributed by atoms with Crippen LogP contribution in [0.4, 0.5) is 4.39 Å². The fraction of sp³-hybridized carbons (Fsp3) is 0.312. The van der Waals surface area contributed by atoms with Crippen molar-refractivity contribution in [2.45, 2.75) is 32.0 Å². The Kier molecular flexibility index (Phi) is 4.11. The zero-order chi connectivity index (χ0) is 15.5. The summed E-state index contributed by atoms with van der Waals surface area (Å²) in [5.41, 5.74) is 6.37. The number of hydrogen-bond donors (Lipinski definition) is 1. The largest absolute Gasteiger partial charge is 0.331 e. The molecule has 0 atom stereocenters. The highest BCUT2D eigenvalue weighted by atomic mass is 19.1. The van der Waals surface area contributed by atoms with Gasteiger partial charge in [0.05, 0.1) is 12.1 Å². The molecule has 1 fully saturated rings. The Labute approximate surface area is 128 Å². The lowest BCUT2D eigenvalue weighted by Crippen LogP contribution is -2.33. The van der Waals surface area contributed by atoms with E-state index in [0.29, 0.717) is 17.0 Å². The Hall–Kier alpha value is -2.34. The van der Waals surface area contributed by atoms with Crippen LogP contribution in [-0.2, 0) is 13.1 Å². The zero-order valence-corrected chi connectivity index (χ0v) is 12.1. The summed E-state index contributed by atoms with van der Waals surface area (Å²) in [5.74, 6) is 0.0219. The van der Waals surface area contributed by atoms with E-state index in [1.807, 2.05) is 0 Å². The summed E-state index contributed by atoms with van der Waals surface area (Å²) in [6.07, 6.45) is 4.85. The zero-order valence-electron chi connectivity index (χ0n) is 12.1. The number of nitrogens with zero attached hydrogens (tertiary/aromatic N) is 3. The van der Waals surface area contributed by atoms with Crippen LogP contribution in [0.5, 0.6) is 0 Å². The summed E-state index contributed by atoms with van der Waals surface area (Å²) in [5, 5.41) is 0. The molecule has 0 bridgehead atoms.